The molecule has 0 amide bonds. The van der Waals surface area contributed by atoms with Crippen molar-refractivity contribution in [2.45, 2.75) is 26.0 Å². The summed E-state index contributed by atoms with van der Waals surface area (Å²) in [4.78, 5) is 0. The second-order valence-electron chi connectivity index (χ2n) is 3.43. The molecule has 0 saturated carbocycles. The van der Waals surface area contributed by atoms with Crippen LogP contribution in [-0.4, -0.2) is 11.1 Å². The van der Waals surface area contributed by atoms with Crippen molar-refractivity contribution < 1.29 is 5.11 Å². The van der Waals surface area contributed by atoms with Gasteiger partial charge in [-0.1, -0.05) is 11.6 Å². The topological polar surface area (TPSA) is 46.2 Å². The zero-order valence-electron chi connectivity index (χ0n) is 8.09. The van der Waals surface area contributed by atoms with Gasteiger partial charge in [-0.05, 0) is 53.0 Å². The van der Waals surface area contributed by atoms with Crippen LogP contribution in [0.25, 0.3) is 0 Å². The van der Waals surface area contributed by atoms with E-state index in [2.05, 4.69) is 15.9 Å². The molecule has 1 rings (SSSR count). The molecule has 0 radical (unpaired) electrons. The monoisotopic (exact) mass is 277 g/mol. The van der Waals surface area contributed by atoms with Crippen LogP contribution in [0.4, 0.5) is 0 Å². The van der Waals surface area contributed by atoms with E-state index in [1.165, 1.54) is 0 Å². The maximum absolute atomic E-state index is 9.81. The largest absolute Gasteiger partial charge is 0.387 e. The molecule has 0 bridgehead atoms. The van der Waals surface area contributed by atoms with Crippen LogP contribution in [0.5, 0.6) is 0 Å². The van der Waals surface area contributed by atoms with Crippen molar-refractivity contribution in [3.05, 3.63) is 32.8 Å². The first-order chi connectivity index (χ1) is 6.43. The molecule has 0 aromatic heterocycles. The second-order valence-corrected chi connectivity index (χ2v) is 4.69. The molecule has 2 atom stereocenters. The maximum atomic E-state index is 9.81. The van der Waals surface area contributed by atoms with E-state index in [-0.39, 0.29) is 6.04 Å². The zero-order valence-corrected chi connectivity index (χ0v) is 10.4. The summed E-state index contributed by atoms with van der Waals surface area (Å²) in [6, 6.07) is 3.33. The van der Waals surface area contributed by atoms with Gasteiger partial charge < -0.3 is 10.8 Å². The molecule has 0 aliphatic heterocycles. The Kier molecular flexibility index (Phi) is 3.95. The zero-order chi connectivity index (χ0) is 10.9. The number of rotatable bonds is 2. The molecule has 1 aromatic rings. The average molecular weight is 279 g/mol. The SMILES string of the molecule is Cc1cc(Cl)c(Br)cc1C(O)C(C)N. The van der Waals surface area contributed by atoms with Gasteiger partial charge in [0.1, 0.15) is 0 Å². The first-order valence-electron chi connectivity index (χ1n) is 4.32. The van der Waals surface area contributed by atoms with Crippen molar-refractivity contribution in [1.82, 2.24) is 0 Å². The molecule has 0 heterocycles. The van der Waals surface area contributed by atoms with Crippen LogP contribution in [0.1, 0.15) is 24.2 Å². The quantitative estimate of drug-likeness (QED) is 0.874. The highest BCUT2D eigenvalue weighted by atomic mass is 79.9. The van der Waals surface area contributed by atoms with Crippen LogP contribution < -0.4 is 5.73 Å². The number of hydrogen-bond donors (Lipinski definition) is 2. The Balaban J connectivity index is 3.15. The molecule has 14 heavy (non-hydrogen) atoms. The molecular formula is C10H13BrClNO. The molecule has 2 unspecified atom stereocenters. The Morgan fingerprint density at radius 2 is 2.07 bits per heavy atom. The van der Waals surface area contributed by atoms with Crippen LogP contribution in [0.2, 0.25) is 5.02 Å². The number of nitrogens with two attached hydrogens (primary N) is 1. The molecule has 0 spiro atoms. The van der Waals surface area contributed by atoms with Crippen LogP contribution in [0.3, 0.4) is 0 Å². The minimum atomic E-state index is -0.649. The van der Waals surface area contributed by atoms with Gasteiger partial charge in [0.2, 0.25) is 0 Å². The lowest BCUT2D eigenvalue weighted by atomic mass is 9.99. The van der Waals surface area contributed by atoms with Gasteiger partial charge in [-0.2, -0.15) is 0 Å². The Labute approximate surface area is 97.2 Å². The molecule has 2 nitrogen and oxygen atoms in total. The maximum Gasteiger partial charge on any atom is 0.0941 e. The fourth-order valence-corrected chi connectivity index (χ4v) is 1.84. The van der Waals surface area contributed by atoms with Crippen molar-refractivity contribution in [2.24, 2.45) is 5.73 Å². The Hall–Kier alpha value is -0.0900. The van der Waals surface area contributed by atoms with Crippen LogP contribution >= 0.6 is 27.5 Å². The summed E-state index contributed by atoms with van der Waals surface area (Å²) in [7, 11) is 0. The lowest BCUT2D eigenvalue weighted by Crippen LogP contribution is -2.25. The third kappa shape index (κ3) is 2.48. The minimum absolute atomic E-state index is 0.290. The Morgan fingerprint density at radius 1 is 1.50 bits per heavy atom. The van der Waals surface area contributed by atoms with Crippen molar-refractivity contribution in [3.8, 4) is 0 Å². The molecule has 4 heteroatoms. The van der Waals surface area contributed by atoms with E-state index < -0.39 is 6.10 Å². The lowest BCUT2D eigenvalue weighted by Gasteiger charge is -2.17. The Morgan fingerprint density at radius 3 is 2.57 bits per heavy atom. The highest BCUT2D eigenvalue weighted by molar-refractivity contribution is 9.10. The van der Waals surface area contributed by atoms with Crippen LogP contribution in [0, 0.1) is 6.92 Å². The van der Waals surface area contributed by atoms with E-state index in [0.717, 1.165) is 15.6 Å². The summed E-state index contributed by atoms with van der Waals surface area (Å²) in [5, 5.41) is 10.4. The lowest BCUT2D eigenvalue weighted by molar-refractivity contribution is 0.152. The molecule has 1 aromatic carbocycles. The first-order valence-corrected chi connectivity index (χ1v) is 5.49. The van der Waals surface area contributed by atoms with E-state index in [0.29, 0.717) is 5.02 Å². The van der Waals surface area contributed by atoms with E-state index in [4.69, 9.17) is 17.3 Å². The normalized spacial score (nSPS) is 15.3. The van der Waals surface area contributed by atoms with E-state index in [1.54, 1.807) is 6.92 Å². The number of benzene rings is 1. The minimum Gasteiger partial charge on any atom is -0.387 e. The van der Waals surface area contributed by atoms with Crippen molar-refractivity contribution >= 4 is 27.5 Å². The van der Waals surface area contributed by atoms with Gasteiger partial charge in [-0.15, -0.1) is 0 Å². The molecule has 0 aliphatic rings. The molecule has 0 aliphatic carbocycles. The van der Waals surface area contributed by atoms with Gasteiger partial charge >= 0.3 is 0 Å². The average Bonchev–Trinajstić information content (AvgIpc) is 2.10. The van der Waals surface area contributed by atoms with Crippen LogP contribution in [-0.2, 0) is 0 Å². The number of aryl methyl sites for hydroxylation is 1. The van der Waals surface area contributed by atoms with Gasteiger partial charge in [0, 0.05) is 10.5 Å². The van der Waals surface area contributed by atoms with E-state index in [1.807, 2.05) is 19.1 Å². The summed E-state index contributed by atoms with van der Waals surface area (Å²) in [5.74, 6) is 0. The summed E-state index contributed by atoms with van der Waals surface area (Å²) >= 11 is 9.22. The predicted molar refractivity (Wildman–Crippen MR) is 62.5 cm³/mol. The Bertz CT molecular complexity index is 341. The van der Waals surface area contributed by atoms with Crippen LogP contribution in [0.15, 0.2) is 16.6 Å². The molecule has 78 valence electrons. The van der Waals surface area contributed by atoms with Crippen molar-refractivity contribution in [1.29, 1.82) is 0 Å². The molecule has 0 fully saturated rings. The number of halogens is 2. The molecule has 0 saturated heterocycles. The van der Waals surface area contributed by atoms with Gasteiger partial charge in [0.15, 0.2) is 0 Å². The molecule has 3 N–H and O–H groups in total. The van der Waals surface area contributed by atoms with Crippen molar-refractivity contribution in [3.63, 3.8) is 0 Å². The fraction of sp³-hybridized carbons (Fsp3) is 0.400. The van der Waals surface area contributed by atoms with Gasteiger partial charge in [-0.25, -0.2) is 0 Å². The molecular weight excluding hydrogens is 265 g/mol. The number of aliphatic hydroxyl groups is 1. The summed E-state index contributed by atoms with van der Waals surface area (Å²) in [6.07, 6.45) is -0.649. The first kappa shape index (κ1) is 12.0. The number of aliphatic hydroxyl groups excluding tert-OH is 1. The van der Waals surface area contributed by atoms with Gasteiger partial charge in [0.25, 0.3) is 0 Å². The van der Waals surface area contributed by atoms with E-state index in [9.17, 15) is 5.11 Å². The third-order valence-corrected chi connectivity index (χ3v) is 3.32. The summed E-state index contributed by atoms with van der Waals surface area (Å²) in [5.41, 5.74) is 7.39. The summed E-state index contributed by atoms with van der Waals surface area (Å²) in [6.45, 7) is 3.67. The smallest absolute Gasteiger partial charge is 0.0941 e. The highest BCUT2D eigenvalue weighted by Crippen LogP contribution is 2.29. The third-order valence-electron chi connectivity index (χ3n) is 2.13. The summed E-state index contributed by atoms with van der Waals surface area (Å²) < 4.78 is 0.777. The van der Waals surface area contributed by atoms with E-state index >= 15 is 0 Å². The highest BCUT2D eigenvalue weighted by Gasteiger charge is 2.16. The number of hydrogen-bond acceptors (Lipinski definition) is 2. The van der Waals surface area contributed by atoms with Crippen molar-refractivity contribution in [2.75, 3.05) is 0 Å². The standard InChI is InChI=1S/C10H13BrClNO/c1-5-3-9(12)8(11)4-7(5)10(14)6(2)13/h3-4,6,10,14H,13H2,1-2H3. The van der Waals surface area contributed by atoms with Gasteiger partial charge in [0.05, 0.1) is 11.1 Å². The fourth-order valence-electron chi connectivity index (χ4n) is 1.26. The van der Waals surface area contributed by atoms with Gasteiger partial charge in [-0.3, -0.25) is 0 Å². The predicted octanol–water partition coefficient (Wildman–Crippen LogP) is 2.79. The second kappa shape index (κ2) is 4.62.